The van der Waals surface area contributed by atoms with Gasteiger partial charge in [-0.15, -0.1) is 13.2 Å². The summed E-state index contributed by atoms with van der Waals surface area (Å²) in [5.41, 5.74) is 3.55. The minimum Gasteiger partial charge on any atom is -0.406 e. The van der Waals surface area contributed by atoms with Crippen LogP contribution in [0.15, 0.2) is 48.8 Å². The number of halogens is 3. The second-order valence-electron chi connectivity index (χ2n) is 4.63. The summed E-state index contributed by atoms with van der Waals surface area (Å²) in [6.07, 6.45) is -2.95. The van der Waals surface area contributed by atoms with Gasteiger partial charge in [-0.1, -0.05) is 18.2 Å². The maximum absolute atomic E-state index is 12.1. The zero-order valence-electron chi connectivity index (χ0n) is 11.1. The lowest BCUT2D eigenvalue weighted by molar-refractivity contribution is -0.274. The third-order valence-electron chi connectivity index (χ3n) is 3.15. The Labute approximate surface area is 118 Å². The largest absolute Gasteiger partial charge is 0.573 e. The van der Waals surface area contributed by atoms with Crippen molar-refractivity contribution in [2.45, 2.75) is 6.36 Å². The molecule has 0 saturated carbocycles. The second-order valence-corrected chi connectivity index (χ2v) is 4.63. The molecule has 6 heteroatoms. The Morgan fingerprint density at radius 1 is 1.00 bits per heavy atom. The Hall–Kier alpha value is -2.50. The molecule has 0 atom stereocenters. The Kier molecular flexibility index (Phi) is 3.08. The molecule has 3 aromatic rings. The van der Waals surface area contributed by atoms with Crippen molar-refractivity contribution < 1.29 is 17.9 Å². The fraction of sp³-hybridized carbons (Fsp3) is 0.133. The Morgan fingerprint density at radius 3 is 2.33 bits per heavy atom. The van der Waals surface area contributed by atoms with Gasteiger partial charge in [0, 0.05) is 7.05 Å². The number of nitrogens with zero attached hydrogens (tertiary/aromatic N) is 2. The Morgan fingerprint density at radius 2 is 1.67 bits per heavy atom. The van der Waals surface area contributed by atoms with E-state index < -0.39 is 6.36 Å². The molecule has 0 saturated heterocycles. The van der Waals surface area contributed by atoms with Crippen molar-refractivity contribution in [2.24, 2.45) is 7.05 Å². The van der Waals surface area contributed by atoms with Crippen LogP contribution in [0.5, 0.6) is 5.75 Å². The highest BCUT2D eigenvalue weighted by molar-refractivity contribution is 5.82. The summed E-state index contributed by atoms with van der Waals surface area (Å²) in [6.45, 7) is 0. The standard InChI is InChI=1S/C15H11F3N2O/c1-20-9-19-13-7-4-11(8-14(13)20)10-2-5-12(6-3-10)21-15(16,17)18/h2-9H,1H3. The fourth-order valence-electron chi connectivity index (χ4n) is 2.15. The molecule has 0 spiro atoms. The van der Waals surface area contributed by atoms with Crippen molar-refractivity contribution in [1.29, 1.82) is 0 Å². The van der Waals surface area contributed by atoms with Crippen molar-refractivity contribution in [3.63, 3.8) is 0 Å². The van der Waals surface area contributed by atoms with Crippen LogP contribution in [0.1, 0.15) is 0 Å². The molecular weight excluding hydrogens is 281 g/mol. The van der Waals surface area contributed by atoms with Crippen LogP contribution in [0, 0.1) is 0 Å². The van der Waals surface area contributed by atoms with Crippen LogP contribution in [-0.2, 0) is 7.05 Å². The van der Waals surface area contributed by atoms with Crippen LogP contribution >= 0.6 is 0 Å². The lowest BCUT2D eigenvalue weighted by Gasteiger charge is -2.09. The summed E-state index contributed by atoms with van der Waals surface area (Å²) in [5, 5.41) is 0. The topological polar surface area (TPSA) is 27.1 Å². The van der Waals surface area contributed by atoms with Crippen molar-refractivity contribution in [1.82, 2.24) is 9.55 Å². The summed E-state index contributed by atoms with van der Waals surface area (Å²) in [7, 11) is 1.89. The first kappa shape index (κ1) is 13.5. The fourth-order valence-corrected chi connectivity index (χ4v) is 2.15. The zero-order chi connectivity index (χ0) is 15.0. The maximum atomic E-state index is 12.1. The molecule has 1 heterocycles. The second kappa shape index (κ2) is 4.80. The van der Waals surface area contributed by atoms with E-state index in [1.165, 1.54) is 12.1 Å². The van der Waals surface area contributed by atoms with Crippen molar-refractivity contribution >= 4 is 11.0 Å². The molecule has 0 aliphatic carbocycles. The third-order valence-corrected chi connectivity index (χ3v) is 3.15. The first-order valence-electron chi connectivity index (χ1n) is 6.20. The molecule has 0 amide bonds. The van der Waals surface area contributed by atoms with Gasteiger partial charge < -0.3 is 9.30 Å². The molecule has 108 valence electrons. The highest BCUT2D eigenvalue weighted by atomic mass is 19.4. The van der Waals surface area contributed by atoms with E-state index in [-0.39, 0.29) is 5.75 Å². The number of ether oxygens (including phenoxy) is 1. The van der Waals surface area contributed by atoms with E-state index in [9.17, 15) is 13.2 Å². The van der Waals surface area contributed by atoms with E-state index in [0.717, 1.165) is 22.2 Å². The number of hydrogen-bond acceptors (Lipinski definition) is 2. The maximum Gasteiger partial charge on any atom is 0.573 e. The van der Waals surface area contributed by atoms with E-state index in [1.807, 2.05) is 29.8 Å². The van der Waals surface area contributed by atoms with Crippen LogP contribution in [0.25, 0.3) is 22.2 Å². The number of aryl methyl sites for hydroxylation is 1. The molecule has 3 rings (SSSR count). The predicted molar refractivity (Wildman–Crippen MR) is 72.8 cm³/mol. The van der Waals surface area contributed by atoms with Crippen LogP contribution in [0.4, 0.5) is 13.2 Å². The lowest BCUT2D eigenvalue weighted by Crippen LogP contribution is -2.16. The molecule has 2 aromatic carbocycles. The molecule has 21 heavy (non-hydrogen) atoms. The van der Waals surface area contributed by atoms with Crippen LogP contribution in [0.3, 0.4) is 0 Å². The zero-order valence-corrected chi connectivity index (χ0v) is 11.1. The van der Waals surface area contributed by atoms with E-state index >= 15 is 0 Å². The van der Waals surface area contributed by atoms with Crippen LogP contribution in [-0.4, -0.2) is 15.9 Å². The number of aromatic nitrogens is 2. The monoisotopic (exact) mass is 292 g/mol. The number of rotatable bonds is 2. The van der Waals surface area contributed by atoms with Gasteiger partial charge in [0.2, 0.25) is 0 Å². The molecular formula is C15H11F3N2O. The van der Waals surface area contributed by atoms with Gasteiger partial charge in [0.15, 0.2) is 0 Å². The molecule has 3 nitrogen and oxygen atoms in total. The van der Waals surface area contributed by atoms with Gasteiger partial charge in [0.1, 0.15) is 5.75 Å². The van der Waals surface area contributed by atoms with E-state index in [1.54, 1.807) is 18.5 Å². The lowest BCUT2D eigenvalue weighted by atomic mass is 10.1. The highest BCUT2D eigenvalue weighted by Gasteiger charge is 2.30. The van der Waals surface area contributed by atoms with E-state index in [0.29, 0.717) is 0 Å². The summed E-state index contributed by atoms with van der Waals surface area (Å²) < 4.78 is 42.1. The van der Waals surface area contributed by atoms with Crippen LogP contribution in [0.2, 0.25) is 0 Å². The molecule has 0 radical (unpaired) electrons. The van der Waals surface area contributed by atoms with Gasteiger partial charge in [0.25, 0.3) is 0 Å². The number of benzene rings is 2. The van der Waals surface area contributed by atoms with Crippen molar-refractivity contribution in [3.05, 3.63) is 48.8 Å². The predicted octanol–water partition coefficient (Wildman–Crippen LogP) is 4.14. The van der Waals surface area contributed by atoms with E-state index in [2.05, 4.69) is 9.72 Å². The summed E-state index contributed by atoms with van der Waals surface area (Å²) in [5.74, 6) is -0.229. The summed E-state index contributed by atoms with van der Waals surface area (Å²) in [6, 6.07) is 11.5. The number of imidazole rings is 1. The highest BCUT2D eigenvalue weighted by Crippen LogP contribution is 2.28. The number of fused-ring (bicyclic) bond motifs is 1. The number of hydrogen-bond donors (Lipinski definition) is 0. The Balaban J connectivity index is 1.93. The normalized spacial score (nSPS) is 11.8. The molecule has 0 unspecified atom stereocenters. The minimum absolute atomic E-state index is 0.229. The molecule has 0 fully saturated rings. The smallest absolute Gasteiger partial charge is 0.406 e. The van der Waals surface area contributed by atoms with Gasteiger partial charge in [0.05, 0.1) is 17.4 Å². The summed E-state index contributed by atoms with van der Waals surface area (Å²) >= 11 is 0. The summed E-state index contributed by atoms with van der Waals surface area (Å²) in [4.78, 5) is 4.23. The van der Waals surface area contributed by atoms with Gasteiger partial charge in [-0.05, 0) is 35.4 Å². The molecule has 0 aliphatic rings. The van der Waals surface area contributed by atoms with Crippen molar-refractivity contribution in [3.8, 4) is 16.9 Å². The average molecular weight is 292 g/mol. The average Bonchev–Trinajstić information content (AvgIpc) is 2.79. The van der Waals surface area contributed by atoms with Gasteiger partial charge >= 0.3 is 6.36 Å². The molecule has 0 N–H and O–H groups in total. The molecule has 0 aliphatic heterocycles. The first-order valence-corrected chi connectivity index (χ1v) is 6.20. The Bertz CT molecular complexity index is 776. The van der Waals surface area contributed by atoms with Crippen molar-refractivity contribution in [2.75, 3.05) is 0 Å². The van der Waals surface area contributed by atoms with E-state index in [4.69, 9.17) is 0 Å². The number of alkyl halides is 3. The van der Waals surface area contributed by atoms with Gasteiger partial charge in [-0.2, -0.15) is 0 Å². The molecule has 1 aromatic heterocycles. The van der Waals surface area contributed by atoms with Gasteiger partial charge in [-0.3, -0.25) is 0 Å². The first-order chi connectivity index (χ1) is 9.92. The molecule has 0 bridgehead atoms. The minimum atomic E-state index is -4.67. The van der Waals surface area contributed by atoms with Crippen LogP contribution < -0.4 is 4.74 Å². The SMILES string of the molecule is Cn1cnc2ccc(-c3ccc(OC(F)(F)F)cc3)cc21. The quantitative estimate of drug-likeness (QED) is 0.710. The third kappa shape index (κ3) is 2.84. The van der Waals surface area contributed by atoms with Gasteiger partial charge in [-0.25, -0.2) is 4.98 Å².